The monoisotopic (exact) mass is 291 g/mol. The quantitative estimate of drug-likeness (QED) is 0.851. The first-order valence-corrected chi connectivity index (χ1v) is 7.45. The zero-order valence-electron chi connectivity index (χ0n) is 10.8. The first kappa shape index (κ1) is 14.2. The van der Waals surface area contributed by atoms with E-state index in [4.69, 9.17) is 12.2 Å². The van der Waals surface area contributed by atoms with Crippen molar-refractivity contribution in [2.45, 2.75) is 19.1 Å². The molecule has 0 unspecified atom stereocenters. The van der Waals surface area contributed by atoms with Gasteiger partial charge in [-0.1, -0.05) is 48.6 Å². The number of benzene rings is 1. The summed E-state index contributed by atoms with van der Waals surface area (Å²) in [4.78, 5) is 3.77. The van der Waals surface area contributed by atoms with Crippen LogP contribution in [0.1, 0.15) is 23.0 Å². The van der Waals surface area contributed by atoms with Crippen LogP contribution in [-0.2, 0) is 6.54 Å². The third kappa shape index (κ3) is 4.13. The van der Waals surface area contributed by atoms with Crippen LogP contribution < -0.4 is 0 Å². The van der Waals surface area contributed by atoms with Crippen LogP contribution in [-0.4, -0.2) is 22.0 Å². The normalized spacial score (nSPS) is 12.1. The third-order valence-electron chi connectivity index (χ3n) is 2.93. The van der Waals surface area contributed by atoms with E-state index in [0.29, 0.717) is 6.42 Å². The van der Waals surface area contributed by atoms with Crippen LogP contribution in [0.4, 0.5) is 0 Å². The molecule has 4 heteroatoms. The first-order chi connectivity index (χ1) is 9.16. The van der Waals surface area contributed by atoms with Gasteiger partial charge in [0.2, 0.25) is 0 Å². The van der Waals surface area contributed by atoms with Crippen molar-refractivity contribution in [3.8, 4) is 0 Å². The number of rotatable bonds is 5. The van der Waals surface area contributed by atoms with E-state index >= 15 is 0 Å². The number of hydrogen-bond acceptors (Lipinski definition) is 3. The van der Waals surface area contributed by atoms with Gasteiger partial charge in [0.1, 0.15) is 0 Å². The minimum Gasteiger partial charge on any atom is -0.387 e. The van der Waals surface area contributed by atoms with Crippen LogP contribution in [0.3, 0.4) is 0 Å². The van der Waals surface area contributed by atoms with Gasteiger partial charge in [0, 0.05) is 24.9 Å². The summed E-state index contributed by atoms with van der Waals surface area (Å²) in [5.41, 5.74) is 1.22. The van der Waals surface area contributed by atoms with Crippen molar-refractivity contribution in [1.29, 1.82) is 0 Å². The van der Waals surface area contributed by atoms with Crippen LogP contribution in [0.25, 0.3) is 0 Å². The largest absolute Gasteiger partial charge is 0.387 e. The smallest absolute Gasteiger partial charge is 0.0944 e. The average Bonchev–Trinajstić information content (AvgIpc) is 2.93. The Morgan fingerprint density at radius 2 is 2.00 bits per heavy atom. The van der Waals surface area contributed by atoms with Gasteiger partial charge < -0.3 is 10.0 Å². The molecule has 0 aliphatic carbocycles. The van der Waals surface area contributed by atoms with Crippen molar-refractivity contribution in [2.24, 2.45) is 0 Å². The number of aliphatic hydroxyl groups is 1. The van der Waals surface area contributed by atoms with Gasteiger partial charge in [-0.15, -0.1) is 11.3 Å². The Morgan fingerprint density at radius 3 is 2.63 bits per heavy atom. The van der Waals surface area contributed by atoms with Crippen LogP contribution in [0.2, 0.25) is 0 Å². The van der Waals surface area contributed by atoms with E-state index in [1.165, 1.54) is 5.56 Å². The summed E-state index contributed by atoms with van der Waals surface area (Å²) in [6.07, 6.45) is 0.00449. The van der Waals surface area contributed by atoms with Gasteiger partial charge in [-0.25, -0.2) is 0 Å². The lowest BCUT2D eigenvalue weighted by atomic mass is 10.2. The summed E-state index contributed by atoms with van der Waals surface area (Å²) >= 11 is 6.96. The number of thiophene rings is 1. The van der Waals surface area contributed by atoms with E-state index < -0.39 is 6.10 Å². The highest BCUT2D eigenvalue weighted by molar-refractivity contribution is 7.80. The molecular formula is C15H17NOS2. The lowest BCUT2D eigenvalue weighted by molar-refractivity contribution is 0.187. The standard InChI is InChI=1S/C15H17NOS2/c1-16(11-12-6-3-2-4-7-12)15(18)10-13(17)14-8-5-9-19-14/h2-9,13,17H,10-11H2,1H3/t13-/m0/s1. The molecule has 1 heterocycles. The highest BCUT2D eigenvalue weighted by Gasteiger charge is 2.14. The second-order valence-corrected chi connectivity index (χ2v) is 5.92. The highest BCUT2D eigenvalue weighted by atomic mass is 32.1. The van der Waals surface area contributed by atoms with Gasteiger partial charge in [0.25, 0.3) is 0 Å². The molecular weight excluding hydrogens is 274 g/mol. The predicted molar refractivity (Wildman–Crippen MR) is 84.4 cm³/mol. The van der Waals surface area contributed by atoms with E-state index in [1.54, 1.807) is 11.3 Å². The van der Waals surface area contributed by atoms with Crippen molar-refractivity contribution in [3.05, 3.63) is 58.3 Å². The molecule has 0 saturated carbocycles. The molecule has 1 atom stereocenters. The van der Waals surface area contributed by atoms with Crippen molar-refractivity contribution in [3.63, 3.8) is 0 Å². The third-order valence-corrected chi connectivity index (χ3v) is 4.38. The molecule has 19 heavy (non-hydrogen) atoms. The number of nitrogens with zero attached hydrogens (tertiary/aromatic N) is 1. The van der Waals surface area contributed by atoms with Gasteiger partial charge >= 0.3 is 0 Å². The Kier molecular flexibility index (Phi) is 5.07. The Labute approximate surface area is 123 Å². The molecule has 2 aromatic rings. The molecule has 0 spiro atoms. The molecule has 2 rings (SSSR count). The topological polar surface area (TPSA) is 23.5 Å². The summed E-state index contributed by atoms with van der Waals surface area (Å²) in [5.74, 6) is 0. The summed E-state index contributed by atoms with van der Waals surface area (Å²) in [7, 11) is 1.97. The van der Waals surface area contributed by atoms with E-state index in [-0.39, 0.29) is 0 Å². The Hall–Kier alpha value is -1.23. The zero-order chi connectivity index (χ0) is 13.7. The van der Waals surface area contributed by atoms with Crippen molar-refractivity contribution in [1.82, 2.24) is 4.90 Å². The molecule has 0 saturated heterocycles. The van der Waals surface area contributed by atoms with Crippen molar-refractivity contribution < 1.29 is 5.11 Å². The van der Waals surface area contributed by atoms with Gasteiger partial charge in [-0.3, -0.25) is 0 Å². The zero-order valence-corrected chi connectivity index (χ0v) is 12.5. The predicted octanol–water partition coefficient (Wildman–Crippen LogP) is 3.63. The minimum absolute atomic E-state index is 0.495. The summed E-state index contributed by atoms with van der Waals surface area (Å²) in [5, 5.41) is 12.1. The molecule has 1 aromatic heterocycles. The maximum absolute atomic E-state index is 10.1. The van der Waals surface area contributed by atoms with Crippen LogP contribution >= 0.6 is 23.6 Å². The Balaban J connectivity index is 1.89. The fraction of sp³-hybridized carbons (Fsp3) is 0.267. The minimum atomic E-state index is -0.495. The number of thiocarbonyl (C=S) groups is 1. The second-order valence-electron chi connectivity index (χ2n) is 4.47. The van der Waals surface area contributed by atoms with Crippen molar-refractivity contribution in [2.75, 3.05) is 7.05 Å². The van der Waals surface area contributed by atoms with Crippen LogP contribution in [0.5, 0.6) is 0 Å². The molecule has 2 nitrogen and oxygen atoms in total. The molecule has 100 valence electrons. The lowest BCUT2D eigenvalue weighted by Gasteiger charge is -2.21. The molecule has 1 N–H and O–H groups in total. The molecule has 0 aliphatic heterocycles. The van der Waals surface area contributed by atoms with E-state index in [0.717, 1.165) is 16.4 Å². The van der Waals surface area contributed by atoms with Crippen LogP contribution in [0, 0.1) is 0 Å². The molecule has 0 bridgehead atoms. The SMILES string of the molecule is CN(Cc1ccccc1)C(=S)C[C@H](O)c1cccs1. The fourth-order valence-electron chi connectivity index (χ4n) is 1.85. The van der Waals surface area contributed by atoms with E-state index in [9.17, 15) is 5.11 Å². The maximum Gasteiger partial charge on any atom is 0.0944 e. The van der Waals surface area contributed by atoms with Gasteiger partial charge in [0.05, 0.1) is 11.1 Å². The Morgan fingerprint density at radius 1 is 1.26 bits per heavy atom. The fourth-order valence-corrected chi connectivity index (χ4v) is 2.78. The number of hydrogen-bond donors (Lipinski definition) is 1. The lowest BCUT2D eigenvalue weighted by Crippen LogP contribution is -2.25. The first-order valence-electron chi connectivity index (χ1n) is 6.16. The molecule has 0 amide bonds. The molecule has 0 aliphatic rings. The molecule has 0 radical (unpaired) electrons. The average molecular weight is 291 g/mol. The van der Waals surface area contributed by atoms with E-state index in [2.05, 4.69) is 12.1 Å². The number of aliphatic hydroxyl groups excluding tert-OH is 1. The van der Waals surface area contributed by atoms with Crippen molar-refractivity contribution >= 4 is 28.5 Å². The summed E-state index contributed by atoms with van der Waals surface area (Å²) in [6.45, 7) is 0.775. The highest BCUT2D eigenvalue weighted by Crippen LogP contribution is 2.23. The Bertz CT molecular complexity index is 510. The van der Waals surface area contributed by atoms with Gasteiger partial charge in [-0.05, 0) is 17.0 Å². The van der Waals surface area contributed by atoms with Crippen LogP contribution in [0.15, 0.2) is 47.8 Å². The van der Waals surface area contributed by atoms with Gasteiger partial charge in [0.15, 0.2) is 0 Å². The molecule has 0 fully saturated rings. The van der Waals surface area contributed by atoms with E-state index in [1.807, 2.05) is 47.7 Å². The van der Waals surface area contributed by atoms with Gasteiger partial charge in [-0.2, -0.15) is 0 Å². The summed E-state index contributed by atoms with van der Waals surface area (Å²) < 4.78 is 0. The second kappa shape index (κ2) is 6.80. The maximum atomic E-state index is 10.1. The summed E-state index contributed by atoms with van der Waals surface area (Å²) in [6, 6.07) is 14.1. The molecule has 1 aromatic carbocycles.